The van der Waals surface area contributed by atoms with Gasteiger partial charge in [-0.3, -0.25) is 4.79 Å². The molecule has 0 saturated heterocycles. The molecule has 2 aromatic carbocycles. The highest BCUT2D eigenvalue weighted by Gasteiger charge is 2.22. The molecule has 0 aliphatic rings. The van der Waals surface area contributed by atoms with Gasteiger partial charge in [-0.05, 0) is 48.2 Å². The van der Waals surface area contributed by atoms with Crippen LogP contribution in [0, 0.1) is 25.5 Å². The first-order valence-electron chi connectivity index (χ1n) is 8.16. The van der Waals surface area contributed by atoms with Crippen LogP contribution in [0.25, 0.3) is 0 Å². The molecule has 0 heterocycles. The van der Waals surface area contributed by atoms with Crippen LogP contribution in [0.1, 0.15) is 22.3 Å². The summed E-state index contributed by atoms with van der Waals surface area (Å²) in [5.74, 6) is -2.61. The number of nitrogens with one attached hydrogen (secondary N) is 1. The third-order valence-corrected chi connectivity index (χ3v) is 4.12. The summed E-state index contributed by atoms with van der Waals surface area (Å²) in [5.41, 5.74) is 3.27. The maximum Gasteiger partial charge on any atom is 0.328 e. The largest absolute Gasteiger partial charge is 0.467 e. The molecule has 6 heteroatoms. The van der Waals surface area contributed by atoms with Crippen LogP contribution in [0.2, 0.25) is 0 Å². The second kappa shape index (κ2) is 8.56. The smallest absolute Gasteiger partial charge is 0.328 e. The summed E-state index contributed by atoms with van der Waals surface area (Å²) in [7, 11) is 1.24. The Morgan fingerprint density at radius 3 is 2.23 bits per heavy atom. The number of hydrogen-bond acceptors (Lipinski definition) is 3. The van der Waals surface area contributed by atoms with Crippen molar-refractivity contribution in [1.82, 2.24) is 5.32 Å². The SMILES string of the molecule is COC(=O)[C@@H](Cc1ccc(C)c(C)c1)NC(=O)Cc1cc(F)cc(F)c1. The fraction of sp³-hybridized carbons (Fsp3) is 0.300. The van der Waals surface area contributed by atoms with E-state index in [0.29, 0.717) is 0 Å². The third kappa shape index (κ3) is 5.37. The minimum Gasteiger partial charge on any atom is -0.467 e. The summed E-state index contributed by atoms with van der Waals surface area (Å²) in [6.07, 6.45) is 0.0200. The minimum atomic E-state index is -0.881. The number of rotatable bonds is 6. The number of halogens is 2. The number of aryl methyl sites for hydroxylation is 2. The summed E-state index contributed by atoms with van der Waals surface area (Å²) in [4.78, 5) is 24.2. The van der Waals surface area contributed by atoms with Crippen molar-refractivity contribution < 1.29 is 23.1 Å². The Balaban J connectivity index is 2.10. The lowest BCUT2D eigenvalue weighted by molar-refractivity contribution is -0.145. The van der Waals surface area contributed by atoms with E-state index >= 15 is 0 Å². The normalized spacial score (nSPS) is 11.7. The van der Waals surface area contributed by atoms with Crippen LogP contribution in [-0.2, 0) is 27.2 Å². The summed E-state index contributed by atoms with van der Waals surface area (Å²) in [5, 5.41) is 2.58. The number of esters is 1. The molecule has 1 atom stereocenters. The van der Waals surface area contributed by atoms with Gasteiger partial charge in [0.25, 0.3) is 0 Å². The predicted molar refractivity (Wildman–Crippen MR) is 93.6 cm³/mol. The van der Waals surface area contributed by atoms with E-state index in [1.165, 1.54) is 7.11 Å². The maximum absolute atomic E-state index is 13.2. The highest BCUT2D eigenvalue weighted by Crippen LogP contribution is 2.13. The second-order valence-corrected chi connectivity index (χ2v) is 6.22. The Bertz CT molecular complexity index is 800. The van der Waals surface area contributed by atoms with E-state index in [1.807, 2.05) is 32.0 Å². The fourth-order valence-electron chi connectivity index (χ4n) is 2.65. The van der Waals surface area contributed by atoms with E-state index in [2.05, 4.69) is 5.32 Å². The molecule has 1 amide bonds. The van der Waals surface area contributed by atoms with Gasteiger partial charge in [-0.1, -0.05) is 18.2 Å². The molecule has 0 aliphatic heterocycles. The van der Waals surface area contributed by atoms with Gasteiger partial charge in [-0.15, -0.1) is 0 Å². The number of amides is 1. The summed E-state index contributed by atoms with van der Waals surface area (Å²) >= 11 is 0. The predicted octanol–water partition coefficient (Wildman–Crippen LogP) is 3.02. The van der Waals surface area contributed by atoms with Gasteiger partial charge < -0.3 is 10.1 Å². The maximum atomic E-state index is 13.2. The standard InChI is InChI=1S/C20H21F2NO3/c1-12-4-5-14(6-13(12)2)9-18(20(25)26-3)23-19(24)10-15-7-16(21)11-17(22)8-15/h4-8,11,18H,9-10H2,1-3H3,(H,23,24)/t18-/m1/s1. The van der Waals surface area contributed by atoms with Crippen LogP contribution >= 0.6 is 0 Å². The van der Waals surface area contributed by atoms with Gasteiger partial charge in [0.05, 0.1) is 13.5 Å². The van der Waals surface area contributed by atoms with Crippen molar-refractivity contribution in [2.75, 3.05) is 7.11 Å². The van der Waals surface area contributed by atoms with Gasteiger partial charge in [0.1, 0.15) is 17.7 Å². The lowest BCUT2D eigenvalue weighted by atomic mass is 10.0. The molecule has 0 spiro atoms. The number of ether oxygens (including phenoxy) is 1. The third-order valence-electron chi connectivity index (χ3n) is 4.12. The van der Waals surface area contributed by atoms with Crippen molar-refractivity contribution in [2.24, 2.45) is 0 Å². The average molecular weight is 361 g/mol. The zero-order valence-corrected chi connectivity index (χ0v) is 14.9. The van der Waals surface area contributed by atoms with Gasteiger partial charge >= 0.3 is 5.97 Å². The topological polar surface area (TPSA) is 55.4 Å². The Morgan fingerprint density at radius 2 is 1.65 bits per heavy atom. The molecule has 138 valence electrons. The Labute approximate surface area is 151 Å². The molecule has 0 aliphatic carbocycles. The Kier molecular flexibility index (Phi) is 6.44. The molecule has 1 N–H and O–H groups in total. The first-order chi connectivity index (χ1) is 12.3. The molecule has 4 nitrogen and oxygen atoms in total. The van der Waals surface area contributed by atoms with E-state index in [0.717, 1.165) is 34.9 Å². The van der Waals surface area contributed by atoms with Gasteiger partial charge in [-0.2, -0.15) is 0 Å². The molecule has 0 radical (unpaired) electrons. The molecular weight excluding hydrogens is 340 g/mol. The quantitative estimate of drug-likeness (QED) is 0.805. The van der Waals surface area contributed by atoms with E-state index in [1.54, 1.807) is 0 Å². The van der Waals surface area contributed by atoms with Gasteiger partial charge in [0.15, 0.2) is 0 Å². The second-order valence-electron chi connectivity index (χ2n) is 6.22. The highest BCUT2D eigenvalue weighted by atomic mass is 19.1. The molecular formula is C20H21F2NO3. The molecule has 2 aromatic rings. The molecule has 0 fully saturated rings. The summed E-state index contributed by atoms with van der Waals surface area (Å²) in [6.45, 7) is 3.94. The molecule has 26 heavy (non-hydrogen) atoms. The van der Waals surface area contributed by atoms with Crippen molar-refractivity contribution in [2.45, 2.75) is 32.7 Å². The van der Waals surface area contributed by atoms with E-state index in [-0.39, 0.29) is 18.4 Å². The molecule has 0 aromatic heterocycles. The van der Waals surface area contributed by atoms with Gasteiger partial charge in [0, 0.05) is 12.5 Å². The lowest BCUT2D eigenvalue weighted by Crippen LogP contribution is -2.43. The fourth-order valence-corrected chi connectivity index (χ4v) is 2.65. The number of hydrogen-bond donors (Lipinski definition) is 1. The van der Waals surface area contributed by atoms with E-state index < -0.39 is 29.6 Å². The summed E-state index contributed by atoms with van der Waals surface area (Å²) < 4.78 is 31.2. The van der Waals surface area contributed by atoms with Crippen molar-refractivity contribution in [1.29, 1.82) is 0 Å². The van der Waals surface area contributed by atoms with E-state index in [4.69, 9.17) is 4.74 Å². The molecule has 0 bridgehead atoms. The Hall–Kier alpha value is -2.76. The van der Waals surface area contributed by atoms with Crippen molar-refractivity contribution in [3.8, 4) is 0 Å². The molecule has 0 saturated carbocycles. The Morgan fingerprint density at radius 1 is 1.00 bits per heavy atom. The van der Waals surface area contributed by atoms with Gasteiger partial charge in [0.2, 0.25) is 5.91 Å². The monoisotopic (exact) mass is 361 g/mol. The zero-order valence-electron chi connectivity index (χ0n) is 14.9. The molecule has 2 rings (SSSR count). The number of carbonyl (C=O) groups excluding carboxylic acids is 2. The minimum absolute atomic E-state index is 0.190. The van der Waals surface area contributed by atoms with Crippen molar-refractivity contribution in [3.05, 3.63) is 70.3 Å². The number of benzene rings is 2. The highest BCUT2D eigenvalue weighted by molar-refractivity contribution is 5.85. The lowest BCUT2D eigenvalue weighted by Gasteiger charge is -2.17. The first kappa shape index (κ1) is 19.6. The average Bonchev–Trinajstić information content (AvgIpc) is 2.55. The number of methoxy groups -OCH3 is 1. The van der Waals surface area contributed by atoms with Crippen molar-refractivity contribution >= 4 is 11.9 Å². The van der Waals surface area contributed by atoms with Crippen LogP contribution in [0.5, 0.6) is 0 Å². The summed E-state index contributed by atoms with van der Waals surface area (Å²) in [6, 6.07) is 7.78. The van der Waals surface area contributed by atoms with Gasteiger partial charge in [-0.25, -0.2) is 13.6 Å². The van der Waals surface area contributed by atoms with Crippen LogP contribution < -0.4 is 5.32 Å². The number of carbonyl (C=O) groups is 2. The molecule has 0 unspecified atom stereocenters. The zero-order chi connectivity index (χ0) is 19.3. The van der Waals surface area contributed by atoms with E-state index in [9.17, 15) is 18.4 Å². The van der Waals surface area contributed by atoms with Crippen LogP contribution in [-0.4, -0.2) is 25.0 Å². The van der Waals surface area contributed by atoms with Crippen LogP contribution in [0.4, 0.5) is 8.78 Å². The van der Waals surface area contributed by atoms with Crippen LogP contribution in [0.15, 0.2) is 36.4 Å². The first-order valence-corrected chi connectivity index (χ1v) is 8.16. The van der Waals surface area contributed by atoms with Crippen molar-refractivity contribution in [3.63, 3.8) is 0 Å². The van der Waals surface area contributed by atoms with Crippen LogP contribution in [0.3, 0.4) is 0 Å².